The Kier molecular flexibility index (Phi) is 7.82. The van der Waals surface area contributed by atoms with Crippen LogP contribution in [-0.2, 0) is 10.2 Å². The Balaban J connectivity index is 1.73. The number of anilines is 1. The van der Waals surface area contributed by atoms with Crippen LogP contribution in [-0.4, -0.2) is 47.3 Å². The fourth-order valence-electron chi connectivity index (χ4n) is 4.35. The molecule has 3 N–H and O–H groups in total. The lowest BCUT2D eigenvalue weighted by Crippen LogP contribution is -2.48. The Labute approximate surface area is 215 Å². The van der Waals surface area contributed by atoms with Crippen molar-refractivity contribution in [3.8, 4) is 0 Å². The number of nitrogens with one attached hydrogen (secondary N) is 1. The summed E-state index contributed by atoms with van der Waals surface area (Å²) in [5.41, 5.74) is 8.74. The predicted octanol–water partition coefficient (Wildman–Crippen LogP) is 5.84. The molecular formula is C29H40N4O3. The number of nitrogen functional groups attached to an aromatic ring is 1. The largest absolute Gasteiger partial charge is 0.444 e. The first-order valence-electron chi connectivity index (χ1n) is 12.5. The molecule has 1 heterocycles. The Morgan fingerprint density at radius 1 is 1.08 bits per heavy atom. The van der Waals surface area contributed by atoms with E-state index in [4.69, 9.17) is 10.5 Å². The van der Waals surface area contributed by atoms with Crippen LogP contribution in [0.15, 0.2) is 47.5 Å². The summed E-state index contributed by atoms with van der Waals surface area (Å²) in [5, 5.41) is 2.94. The van der Waals surface area contributed by atoms with Gasteiger partial charge in [-0.2, -0.15) is 0 Å². The maximum Gasteiger partial charge on any atom is 0.410 e. The summed E-state index contributed by atoms with van der Waals surface area (Å²) in [4.78, 5) is 31.6. The molecule has 0 bridgehead atoms. The summed E-state index contributed by atoms with van der Waals surface area (Å²) in [7, 11) is 0. The second kappa shape index (κ2) is 10.3. The van der Waals surface area contributed by atoms with E-state index in [0.717, 1.165) is 24.1 Å². The highest BCUT2D eigenvalue weighted by Gasteiger charge is 2.36. The molecule has 36 heavy (non-hydrogen) atoms. The normalized spacial score (nSPS) is 18.8. The molecule has 0 aromatic heterocycles. The Morgan fingerprint density at radius 2 is 1.75 bits per heavy atom. The van der Waals surface area contributed by atoms with Gasteiger partial charge in [-0.3, -0.25) is 9.79 Å². The number of nitrogens with zero attached hydrogens (tertiary/aromatic N) is 2. The molecule has 0 radical (unpaired) electrons. The average molecular weight is 493 g/mol. The second-order valence-electron chi connectivity index (χ2n) is 11.9. The molecule has 2 aromatic rings. The lowest BCUT2D eigenvalue weighted by molar-refractivity contribution is 0.0146. The van der Waals surface area contributed by atoms with Gasteiger partial charge in [-0.25, -0.2) is 4.79 Å². The van der Waals surface area contributed by atoms with Gasteiger partial charge in [0.2, 0.25) is 0 Å². The number of ether oxygens (including phenoxy) is 1. The Morgan fingerprint density at radius 3 is 2.36 bits per heavy atom. The summed E-state index contributed by atoms with van der Waals surface area (Å²) < 4.78 is 5.59. The molecule has 2 aromatic carbocycles. The lowest BCUT2D eigenvalue weighted by atomic mass is 9.76. The van der Waals surface area contributed by atoms with Gasteiger partial charge in [0.05, 0.1) is 16.9 Å². The van der Waals surface area contributed by atoms with Crippen molar-refractivity contribution in [1.82, 2.24) is 10.2 Å². The number of amides is 2. The first-order valence-corrected chi connectivity index (χ1v) is 12.5. The zero-order chi connectivity index (χ0) is 26.7. The molecule has 0 spiro atoms. The fraction of sp³-hybridized carbons (Fsp3) is 0.483. The van der Waals surface area contributed by atoms with E-state index in [9.17, 15) is 9.59 Å². The summed E-state index contributed by atoms with van der Waals surface area (Å²) in [6.45, 7) is 15.0. The molecule has 1 atom stereocenters. The number of rotatable bonds is 4. The van der Waals surface area contributed by atoms with Gasteiger partial charge in [0.25, 0.3) is 5.91 Å². The van der Waals surface area contributed by atoms with E-state index < -0.39 is 5.60 Å². The van der Waals surface area contributed by atoms with E-state index in [1.54, 1.807) is 18.3 Å². The van der Waals surface area contributed by atoms with E-state index in [2.05, 4.69) is 29.4 Å². The molecule has 7 heteroatoms. The predicted molar refractivity (Wildman–Crippen MR) is 146 cm³/mol. The van der Waals surface area contributed by atoms with Crippen molar-refractivity contribution in [3.63, 3.8) is 0 Å². The molecule has 194 valence electrons. The number of para-hydroxylation sites is 1. The first-order chi connectivity index (χ1) is 16.7. The maximum atomic E-state index is 12.6. The van der Waals surface area contributed by atoms with Crippen LogP contribution in [0, 0.1) is 0 Å². The van der Waals surface area contributed by atoms with Crippen molar-refractivity contribution < 1.29 is 14.3 Å². The topological polar surface area (TPSA) is 97.0 Å². The van der Waals surface area contributed by atoms with Gasteiger partial charge in [0.1, 0.15) is 5.60 Å². The molecule has 7 nitrogen and oxygen atoms in total. The number of likely N-dealkylation sites (tertiary alicyclic amines) is 1. The van der Waals surface area contributed by atoms with Crippen LogP contribution >= 0.6 is 0 Å². The average Bonchev–Trinajstić information content (AvgIpc) is 2.76. The maximum absolute atomic E-state index is 12.6. The number of hydrogen-bond acceptors (Lipinski definition) is 5. The van der Waals surface area contributed by atoms with Gasteiger partial charge in [-0.05, 0) is 78.1 Å². The second-order valence-corrected chi connectivity index (χ2v) is 11.9. The van der Waals surface area contributed by atoms with Crippen LogP contribution in [0.1, 0.15) is 82.8 Å². The van der Waals surface area contributed by atoms with Crippen LogP contribution in [0.25, 0.3) is 0 Å². The number of carbonyl (C=O) groups is 2. The molecule has 1 fully saturated rings. The van der Waals surface area contributed by atoms with Crippen molar-refractivity contribution in [2.24, 2.45) is 4.99 Å². The third-order valence-electron chi connectivity index (χ3n) is 6.14. The number of hydrogen-bond donors (Lipinski definition) is 2. The van der Waals surface area contributed by atoms with Crippen molar-refractivity contribution in [2.75, 3.05) is 18.8 Å². The highest BCUT2D eigenvalue weighted by atomic mass is 16.6. The first kappa shape index (κ1) is 27.2. The fourth-order valence-corrected chi connectivity index (χ4v) is 4.35. The molecular weight excluding hydrogens is 452 g/mol. The van der Waals surface area contributed by atoms with Crippen LogP contribution in [0.3, 0.4) is 0 Å². The van der Waals surface area contributed by atoms with Crippen molar-refractivity contribution in [2.45, 2.75) is 77.9 Å². The monoisotopic (exact) mass is 492 g/mol. The highest BCUT2D eigenvalue weighted by molar-refractivity contribution is 6.03. The number of piperidine rings is 1. The minimum absolute atomic E-state index is 0.156. The Bertz CT molecular complexity index is 1130. The number of nitrogens with two attached hydrogens (primary N) is 1. The number of benzene rings is 2. The van der Waals surface area contributed by atoms with Gasteiger partial charge in [-0.15, -0.1) is 0 Å². The molecule has 0 saturated carbocycles. The van der Waals surface area contributed by atoms with E-state index in [1.165, 1.54) is 0 Å². The van der Waals surface area contributed by atoms with Crippen LogP contribution in [0.5, 0.6) is 0 Å². The molecule has 1 unspecified atom stereocenters. The molecule has 1 aliphatic heterocycles. The van der Waals surface area contributed by atoms with Crippen LogP contribution in [0.4, 0.5) is 16.2 Å². The third-order valence-corrected chi connectivity index (χ3v) is 6.14. The smallest absolute Gasteiger partial charge is 0.410 e. The molecule has 0 aliphatic carbocycles. The summed E-state index contributed by atoms with van der Waals surface area (Å²) in [6, 6.07) is 13.4. The third kappa shape index (κ3) is 7.09. The summed E-state index contributed by atoms with van der Waals surface area (Å²) >= 11 is 0. The zero-order valence-corrected chi connectivity index (χ0v) is 22.6. The summed E-state index contributed by atoms with van der Waals surface area (Å²) in [5.74, 6) is -0.208. The van der Waals surface area contributed by atoms with E-state index in [1.807, 2.05) is 64.6 Å². The highest BCUT2D eigenvalue weighted by Crippen LogP contribution is 2.35. The van der Waals surface area contributed by atoms with Crippen LogP contribution < -0.4 is 11.1 Å². The lowest BCUT2D eigenvalue weighted by Gasteiger charge is -2.41. The minimum Gasteiger partial charge on any atom is -0.444 e. The van der Waals surface area contributed by atoms with Crippen molar-refractivity contribution >= 4 is 29.6 Å². The van der Waals surface area contributed by atoms with E-state index >= 15 is 0 Å². The number of aliphatic imine (C=N–C) groups is 1. The molecule has 3 rings (SSSR count). The quantitative estimate of drug-likeness (QED) is 0.414. The van der Waals surface area contributed by atoms with E-state index in [0.29, 0.717) is 29.9 Å². The SMILES string of the molecule is CC(C)(C)NC(=O)c1cccc(C=Nc2ccc(C3(C)CCCN(C(=O)OC(C)(C)C)C3)cc2)c1N. The molecule has 1 saturated heterocycles. The number of carbonyl (C=O) groups excluding carboxylic acids is 2. The van der Waals surface area contributed by atoms with Gasteiger partial charge < -0.3 is 20.7 Å². The van der Waals surface area contributed by atoms with E-state index in [-0.39, 0.29) is 23.0 Å². The molecule has 1 aliphatic rings. The van der Waals surface area contributed by atoms with Gasteiger partial charge in [0, 0.05) is 35.8 Å². The zero-order valence-electron chi connectivity index (χ0n) is 22.6. The van der Waals surface area contributed by atoms with Crippen molar-refractivity contribution in [1.29, 1.82) is 0 Å². The summed E-state index contributed by atoms with van der Waals surface area (Å²) in [6.07, 6.45) is 3.35. The standard InChI is InChI=1S/C29H40N4O3/c1-27(2,3)32-25(34)23-11-8-10-20(24(23)30)18-31-22-14-12-21(13-15-22)29(7)16-9-17-33(19-29)26(35)36-28(4,5)6/h8,10-15,18H,9,16-17,19,30H2,1-7H3,(H,32,34). The Hall–Kier alpha value is -3.35. The van der Waals surface area contributed by atoms with Crippen molar-refractivity contribution in [3.05, 3.63) is 59.2 Å². The van der Waals surface area contributed by atoms with Gasteiger partial charge >= 0.3 is 6.09 Å². The van der Waals surface area contributed by atoms with Crippen LogP contribution in [0.2, 0.25) is 0 Å². The van der Waals surface area contributed by atoms with Gasteiger partial charge in [0.15, 0.2) is 0 Å². The minimum atomic E-state index is -0.510. The molecule has 2 amide bonds. The van der Waals surface area contributed by atoms with Gasteiger partial charge in [-0.1, -0.05) is 31.2 Å².